The van der Waals surface area contributed by atoms with E-state index >= 15 is 0 Å². The lowest BCUT2D eigenvalue weighted by Crippen LogP contribution is -2.51. The maximum absolute atomic E-state index is 13.6. The summed E-state index contributed by atoms with van der Waals surface area (Å²) in [6.07, 6.45) is 4.10. The molecule has 1 saturated heterocycles. The zero-order valence-corrected chi connectivity index (χ0v) is 19.0. The molecule has 0 aromatic rings. The lowest BCUT2D eigenvalue weighted by atomic mass is 9.52. The number of alkyl halides is 2. The maximum atomic E-state index is 13.6. The largest absolute Gasteiger partial charge is 0.458 e. The van der Waals surface area contributed by atoms with Crippen LogP contribution in [0.2, 0.25) is 0 Å². The maximum Gasteiger partial charge on any atom is 0.402 e. The van der Waals surface area contributed by atoms with Crippen LogP contribution in [0.5, 0.6) is 0 Å². The molecule has 6 aliphatic carbocycles. The molecule has 12 heteroatoms. The van der Waals surface area contributed by atoms with Gasteiger partial charge in [-0.3, -0.25) is 18.9 Å². The van der Waals surface area contributed by atoms with E-state index in [1.807, 2.05) is 0 Å². The van der Waals surface area contributed by atoms with Crippen molar-refractivity contribution < 1.29 is 50.3 Å². The van der Waals surface area contributed by atoms with Gasteiger partial charge >= 0.3 is 33.3 Å². The number of ether oxygens (including phenoxy) is 3. The molecule has 7 fully saturated rings. The fourth-order valence-corrected chi connectivity index (χ4v) is 8.53. The summed E-state index contributed by atoms with van der Waals surface area (Å²) in [7, 11) is -5.77. The van der Waals surface area contributed by atoms with E-state index in [1.165, 1.54) is 6.42 Å². The van der Waals surface area contributed by atoms with Crippen molar-refractivity contribution in [2.75, 3.05) is 6.61 Å². The quantitative estimate of drug-likeness (QED) is 0.327. The standard InChI is InChI=1S/C22H26F2O9S/c23-22(24,34(28,29)30)7-31-19(25)15-12-6-13-16(15)21(27)33-18(13)17(12)32-20(26)14-10-2-8-1-9(4-10)5-11(14)3-8/h8-18H,1-7H2,(H,28,29,30). The van der Waals surface area contributed by atoms with Gasteiger partial charge in [-0.1, -0.05) is 0 Å². The van der Waals surface area contributed by atoms with E-state index in [2.05, 4.69) is 4.74 Å². The third-order valence-electron chi connectivity index (χ3n) is 9.33. The van der Waals surface area contributed by atoms with E-state index in [1.54, 1.807) is 0 Å². The molecule has 0 spiro atoms. The topological polar surface area (TPSA) is 133 Å². The Hall–Kier alpha value is -1.82. The summed E-state index contributed by atoms with van der Waals surface area (Å²) in [5.74, 6) is -3.61. The Morgan fingerprint density at radius 2 is 1.59 bits per heavy atom. The molecule has 6 saturated carbocycles. The van der Waals surface area contributed by atoms with Gasteiger partial charge in [0.1, 0.15) is 12.2 Å². The van der Waals surface area contributed by atoms with Gasteiger partial charge in [0.25, 0.3) is 0 Å². The average Bonchev–Trinajstić information content (AvgIpc) is 3.34. The van der Waals surface area contributed by atoms with Crippen molar-refractivity contribution >= 4 is 28.0 Å². The summed E-state index contributed by atoms with van der Waals surface area (Å²) in [5.41, 5.74) is 0. The molecule has 6 atom stereocenters. The first-order chi connectivity index (χ1) is 15.9. The average molecular weight is 505 g/mol. The normalized spacial score (nSPS) is 46.0. The van der Waals surface area contributed by atoms with E-state index < -0.39 is 69.8 Å². The third-order valence-corrected chi connectivity index (χ3v) is 10.2. The van der Waals surface area contributed by atoms with Crippen molar-refractivity contribution in [2.24, 2.45) is 53.3 Å². The number of esters is 3. The molecule has 6 bridgehead atoms. The molecule has 188 valence electrons. The van der Waals surface area contributed by atoms with Crippen LogP contribution in [0.25, 0.3) is 0 Å². The fourth-order valence-electron chi connectivity index (χ4n) is 8.32. The number of rotatable bonds is 6. The molecular formula is C22H26F2O9S. The Balaban J connectivity index is 1.18. The smallest absolute Gasteiger partial charge is 0.402 e. The molecule has 0 amide bonds. The lowest BCUT2D eigenvalue weighted by Gasteiger charge is -2.53. The molecular weight excluding hydrogens is 478 g/mol. The summed E-state index contributed by atoms with van der Waals surface area (Å²) in [6, 6.07) is 0. The Morgan fingerprint density at radius 3 is 2.18 bits per heavy atom. The van der Waals surface area contributed by atoms with Gasteiger partial charge in [0.15, 0.2) is 6.61 Å². The van der Waals surface area contributed by atoms with Gasteiger partial charge in [0.05, 0.1) is 17.8 Å². The summed E-state index contributed by atoms with van der Waals surface area (Å²) in [6.45, 7) is -1.87. The molecule has 1 N–H and O–H groups in total. The molecule has 0 aromatic heterocycles. The molecule has 9 nitrogen and oxygen atoms in total. The molecule has 6 unspecified atom stereocenters. The SMILES string of the molecule is O=C(OC1C2CC3C1OC(=O)C3C2C(=O)OCC(F)(F)S(=O)(=O)O)C1C2CC3CC(C2)CC1C3. The molecule has 1 aliphatic heterocycles. The van der Waals surface area contributed by atoms with Crippen molar-refractivity contribution in [3.8, 4) is 0 Å². The predicted octanol–water partition coefficient (Wildman–Crippen LogP) is 1.80. The van der Waals surface area contributed by atoms with Crippen LogP contribution >= 0.6 is 0 Å². The Kier molecular flexibility index (Phi) is 4.89. The second kappa shape index (κ2) is 7.35. The van der Waals surface area contributed by atoms with E-state index in [4.69, 9.17) is 14.0 Å². The Morgan fingerprint density at radius 1 is 0.971 bits per heavy atom. The fraction of sp³-hybridized carbons (Fsp3) is 0.864. The first kappa shape index (κ1) is 22.6. The summed E-state index contributed by atoms with van der Waals surface area (Å²) >= 11 is 0. The minimum absolute atomic E-state index is 0.210. The van der Waals surface area contributed by atoms with Crippen molar-refractivity contribution in [1.82, 2.24) is 0 Å². The molecule has 0 radical (unpaired) electrons. The van der Waals surface area contributed by atoms with Gasteiger partial charge in [-0.05, 0) is 62.2 Å². The van der Waals surface area contributed by atoms with Crippen LogP contribution in [0.1, 0.15) is 38.5 Å². The molecule has 1 heterocycles. The second-order valence-electron chi connectivity index (χ2n) is 11.1. The predicted molar refractivity (Wildman–Crippen MR) is 106 cm³/mol. The first-order valence-electron chi connectivity index (χ1n) is 11.9. The van der Waals surface area contributed by atoms with Crippen molar-refractivity contribution in [3.05, 3.63) is 0 Å². The lowest BCUT2D eigenvalue weighted by molar-refractivity contribution is -0.180. The van der Waals surface area contributed by atoms with Gasteiger partial charge in [0.2, 0.25) is 0 Å². The van der Waals surface area contributed by atoms with Crippen molar-refractivity contribution in [2.45, 2.75) is 56.0 Å². The highest BCUT2D eigenvalue weighted by molar-refractivity contribution is 7.86. The molecule has 7 rings (SSSR count). The van der Waals surface area contributed by atoms with Gasteiger partial charge in [-0.25, -0.2) is 0 Å². The van der Waals surface area contributed by atoms with Crippen LogP contribution in [0.4, 0.5) is 8.78 Å². The van der Waals surface area contributed by atoms with Crippen LogP contribution in [0, 0.1) is 53.3 Å². The highest BCUT2D eigenvalue weighted by Gasteiger charge is 2.70. The van der Waals surface area contributed by atoms with Gasteiger partial charge in [-0.15, -0.1) is 0 Å². The molecule has 34 heavy (non-hydrogen) atoms. The van der Waals surface area contributed by atoms with E-state index in [0.717, 1.165) is 25.7 Å². The highest BCUT2D eigenvalue weighted by Crippen LogP contribution is 2.60. The van der Waals surface area contributed by atoms with E-state index in [9.17, 15) is 31.6 Å². The number of hydrogen-bond donors (Lipinski definition) is 1. The number of hydrogen-bond acceptors (Lipinski definition) is 8. The van der Waals surface area contributed by atoms with Gasteiger partial charge in [-0.2, -0.15) is 17.2 Å². The monoisotopic (exact) mass is 504 g/mol. The summed E-state index contributed by atoms with van der Waals surface area (Å²) in [5, 5.41) is -4.68. The first-order valence-corrected chi connectivity index (χ1v) is 13.3. The minimum atomic E-state index is -5.77. The summed E-state index contributed by atoms with van der Waals surface area (Å²) < 4.78 is 73.2. The molecule has 7 aliphatic rings. The van der Waals surface area contributed by atoms with Crippen LogP contribution in [-0.2, 0) is 38.7 Å². The Bertz CT molecular complexity index is 1010. The number of carbonyl (C=O) groups is 3. The van der Waals surface area contributed by atoms with E-state index in [-0.39, 0.29) is 23.7 Å². The summed E-state index contributed by atoms with van der Waals surface area (Å²) in [4.78, 5) is 38.4. The zero-order valence-electron chi connectivity index (χ0n) is 18.2. The minimum Gasteiger partial charge on any atom is -0.458 e. The highest BCUT2D eigenvalue weighted by atomic mass is 32.2. The Labute approximate surface area is 194 Å². The second-order valence-corrected chi connectivity index (χ2v) is 12.6. The van der Waals surface area contributed by atoms with Crippen LogP contribution < -0.4 is 0 Å². The zero-order chi connectivity index (χ0) is 24.2. The number of halogens is 2. The van der Waals surface area contributed by atoms with Crippen molar-refractivity contribution in [3.63, 3.8) is 0 Å². The van der Waals surface area contributed by atoms with Gasteiger partial charge in [0, 0.05) is 11.8 Å². The number of carbonyl (C=O) groups excluding carboxylic acids is 3. The van der Waals surface area contributed by atoms with Crippen LogP contribution in [-0.4, -0.2) is 54.9 Å². The van der Waals surface area contributed by atoms with Crippen molar-refractivity contribution in [1.29, 1.82) is 0 Å². The van der Waals surface area contributed by atoms with Crippen LogP contribution in [0.15, 0.2) is 0 Å². The van der Waals surface area contributed by atoms with Crippen LogP contribution in [0.3, 0.4) is 0 Å². The third kappa shape index (κ3) is 3.23. The van der Waals surface area contributed by atoms with E-state index in [0.29, 0.717) is 18.3 Å². The van der Waals surface area contributed by atoms with Gasteiger partial charge < -0.3 is 14.2 Å². The molecule has 0 aromatic carbocycles. The number of fused-ring (bicyclic) bond motifs is 1.